The maximum atomic E-state index is 14.6. The molecule has 152 valence electrons. The molecule has 2 fully saturated rings. The molecule has 0 saturated carbocycles. The Morgan fingerprint density at radius 2 is 1.79 bits per heavy atom. The largest absolute Gasteiger partial charge is 0.371 e. The Morgan fingerprint density at radius 3 is 2.59 bits per heavy atom. The second kappa shape index (κ2) is 7.76. The van der Waals surface area contributed by atoms with Gasteiger partial charge in [-0.3, -0.25) is 4.90 Å². The van der Waals surface area contributed by atoms with Crippen molar-refractivity contribution >= 4 is 16.7 Å². The predicted molar refractivity (Wildman–Crippen MR) is 116 cm³/mol. The number of aryl methyl sites for hydroxylation is 1. The summed E-state index contributed by atoms with van der Waals surface area (Å²) in [5.41, 5.74) is 4.60. The summed E-state index contributed by atoms with van der Waals surface area (Å²) in [4.78, 5) is 12.9. The monoisotopic (exact) mass is 393 g/mol. The van der Waals surface area contributed by atoms with Crippen molar-refractivity contribution in [2.45, 2.75) is 25.8 Å². The Hall–Kier alpha value is -2.44. The van der Waals surface area contributed by atoms with Crippen molar-refractivity contribution in [1.29, 1.82) is 0 Å². The number of aromatic amines is 1. The number of anilines is 1. The minimum atomic E-state index is -0.236. The van der Waals surface area contributed by atoms with Gasteiger partial charge in [-0.1, -0.05) is 6.07 Å². The summed E-state index contributed by atoms with van der Waals surface area (Å²) in [5, 5.41) is 3.43. The highest BCUT2D eigenvalue weighted by molar-refractivity contribution is 5.80. The van der Waals surface area contributed by atoms with Gasteiger partial charge in [0.05, 0.1) is 16.6 Å². The normalized spacial score (nSPS) is 19.2. The van der Waals surface area contributed by atoms with Crippen molar-refractivity contribution in [3.63, 3.8) is 0 Å². The number of hydrogen-bond donors (Lipinski definition) is 2. The molecule has 0 bridgehead atoms. The van der Waals surface area contributed by atoms with Crippen LogP contribution in [0.5, 0.6) is 0 Å². The number of piperazine rings is 1. The number of piperidine rings is 1. The van der Waals surface area contributed by atoms with Gasteiger partial charge in [0.2, 0.25) is 0 Å². The van der Waals surface area contributed by atoms with Crippen molar-refractivity contribution in [2.75, 3.05) is 44.2 Å². The van der Waals surface area contributed by atoms with Gasteiger partial charge in [0.15, 0.2) is 0 Å². The van der Waals surface area contributed by atoms with Crippen LogP contribution in [0.3, 0.4) is 0 Å². The fraction of sp³-hybridized carbons (Fsp3) is 0.435. The molecule has 0 amide bonds. The fourth-order valence-electron chi connectivity index (χ4n) is 4.68. The van der Waals surface area contributed by atoms with E-state index in [-0.39, 0.29) is 5.82 Å². The number of hydrogen-bond acceptors (Lipinski definition) is 4. The Morgan fingerprint density at radius 1 is 1.00 bits per heavy atom. The minimum absolute atomic E-state index is 0.236. The van der Waals surface area contributed by atoms with E-state index < -0.39 is 0 Å². The van der Waals surface area contributed by atoms with Gasteiger partial charge in [-0.25, -0.2) is 9.37 Å². The number of rotatable bonds is 3. The van der Waals surface area contributed by atoms with Gasteiger partial charge >= 0.3 is 0 Å². The Kier molecular flexibility index (Phi) is 4.97. The van der Waals surface area contributed by atoms with Crippen LogP contribution < -0.4 is 10.2 Å². The molecule has 0 atom stereocenters. The molecule has 3 heterocycles. The third-order valence-corrected chi connectivity index (χ3v) is 6.34. The highest BCUT2D eigenvalue weighted by atomic mass is 19.1. The van der Waals surface area contributed by atoms with E-state index in [1.165, 1.54) is 0 Å². The van der Waals surface area contributed by atoms with Crippen LogP contribution in [0.4, 0.5) is 10.1 Å². The van der Waals surface area contributed by atoms with E-state index in [1.807, 2.05) is 31.2 Å². The molecular formula is C23H28FN5. The van der Waals surface area contributed by atoms with E-state index in [9.17, 15) is 4.39 Å². The van der Waals surface area contributed by atoms with Crippen molar-refractivity contribution in [1.82, 2.24) is 20.2 Å². The van der Waals surface area contributed by atoms with Gasteiger partial charge in [0, 0.05) is 51.0 Å². The van der Waals surface area contributed by atoms with Crippen molar-refractivity contribution in [3.8, 4) is 11.4 Å². The number of nitrogens with one attached hydrogen (secondary N) is 2. The average molecular weight is 394 g/mol. The molecule has 2 aliphatic heterocycles. The third-order valence-electron chi connectivity index (χ3n) is 6.34. The lowest BCUT2D eigenvalue weighted by molar-refractivity contribution is 0.150. The summed E-state index contributed by atoms with van der Waals surface area (Å²) < 4.78 is 14.6. The SMILES string of the molecule is Cc1ccc2nc(-c3cc(N4CCC(N5CCNCC5)CC4)ccc3F)[nH]c2c1. The summed E-state index contributed by atoms with van der Waals surface area (Å²) in [5.74, 6) is 0.362. The van der Waals surface area contributed by atoms with Crippen LogP contribution in [-0.2, 0) is 0 Å². The second-order valence-corrected chi connectivity index (χ2v) is 8.27. The van der Waals surface area contributed by atoms with Gasteiger partial charge in [-0.05, 0) is 55.7 Å². The number of imidazole rings is 1. The molecule has 0 radical (unpaired) electrons. The van der Waals surface area contributed by atoms with E-state index in [0.717, 1.165) is 74.4 Å². The number of nitrogens with zero attached hydrogens (tertiary/aromatic N) is 3. The predicted octanol–water partition coefficient (Wildman–Crippen LogP) is 3.55. The molecule has 2 aromatic carbocycles. The summed E-state index contributed by atoms with van der Waals surface area (Å²) in [6.07, 6.45) is 2.33. The lowest BCUT2D eigenvalue weighted by Gasteiger charge is -2.41. The topological polar surface area (TPSA) is 47.2 Å². The average Bonchev–Trinajstić information content (AvgIpc) is 3.18. The number of aromatic nitrogens is 2. The highest BCUT2D eigenvalue weighted by Crippen LogP contribution is 2.30. The zero-order valence-corrected chi connectivity index (χ0v) is 16.9. The summed E-state index contributed by atoms with van der Waals surface area (Å²) in [6.45, 7) is 8.56. The lowest BCUT2D eigenvalue weighted by Crippen LogP contribution is -2.52. The van der Waals surface area contributed by atoms with E-state index in [4.69, 9.17) is 0 Å². The Balaban J connectivity index is 1.35. The Bertz CT molecular complexity index is 1000. The van der Waals surface area contributed by atoms with Gasteiger partial charge in [-0.15, -0.1) is 0 Å². The van der Waals surface area contributed by atoms with E-state index >= 15 is 0 Å². The summed E-state index contributed by atoms with van der Waals surface area (Å²) in [6, 6.07) is 12.2. The van der Waals surface area contributed by atoms with Gasteiger partial charge < -0.3 is 15.2 Å². The van der Waals surface area contributed by atoms with E-state index in [2.05, 4.69) is 31.2 Å². The zero-order valence-electron chi connectivity index (χ0n) is 16.9. The van der Waals surface area contributed by atoms with Crippen molar-refractivity contribution in [2.24, 2.45) is 0 Å². The number of H-pyrrole nitrogens is 1. The number of fused-ring (bicyclic) bond motifs is 1. The first-order valence-corrected chi connectivity index (χ1v) is 10.6. The van der Waals surface area contributed by atoms with Crippen molar-refractivity contribution < 1.29 is 4.39 Å². The first-order valence-electron chi connectivity index (χ1n) is 10.6. The van der Waals surface area contributed by atoms with Crippen LogP contribution in [0.1, 0.15) is 18.4 Å². The summed E-state index contributed by atoms with van der Waals surface area (Å²) >= 11 is 0. The standard InChI is InChI=1S/C23H28FN5/c1-16-2-5-21-22(14-16)27-23(26-21)19-15-18(3-4-20(19)24)28-10-6-17(7-11-28)29-12-8-25-9-13-29/h2-5,14-15,17,25H,6-13H2,1H3,(H,26,27). The van der Waals surface area contributed by atoms with Gasteiger partial charge in [-0.2, -0.15) is 0 Å². The number of benzene rings is 2. The molecule has 0 spiro atoms. The zero-order chi connectivity index (χ0) is 19.8. The van der Waals surface area contributed by atoms with Crippen LogP contribution in [0.2, 0.25) is 0 Å². The molecule has 6 heteroatoms. The summed E-state index contributed by atoms with van der Waals surface area (Å²) in [7, 11) is 0. The van der Waals surface area contributed by atoms with Crippen molar-refractivity contribution in [3.05, 3.63) is 47.8 Å². The molecule has 29 heavy (non-hydrogen) atoms. The minimum Gasteiger partial charge on any atom is -0.371 e. The van der Waals surface area contributed by atoms with Crippen LogP contribution >= 0.6 is 0 Å². The molecule has 2 saturated heterocycles. The maximum Gasteiger partial charge on any atom is 0.141 e. The van der Waals surface area contributed by atoms with E-state index in [0.29, 0.717) is 17.4 Å². The molecule has 0 unspecified atom stereocenters. The first kappa shape index (κ1) is 18.6. The smallest absolute Gasteiger partial charge is 0.141 e. The fourth-order valence-corrected chi connectivity index (χ4v) is 4.68. The molecule has 1 aromatic heterocycles. The van der Waals surface area contributed by atoms with E-state index in [1.54, 1.807) is 6.07 Å². The first-order chi connectivity index (χ1) is 14.2. The molecule has 0 aliphatic carbocycles. The number of halogens is 1. The highest BCUT2D eigenvalue weighted by Gasteiger charge is 2.26. The second-order valence-electron chi connectivity index (χ2n) is 8.27. The molecule has 2 aliphatic rings. The van der Waals surface area contributed by atoms with Crippen LogP contribution in [0.15, 0.2) is 36.4 Å². The van der Waals surface area contributed by atoms with Crippen LogP contribution in [0.25, 0.3) is 22.4 Å². The lowest BCUT2D eigenvalue weighted by atomic mass is 10.0. The molecule has 5 rings (SSSR count). The van der Waals surface area contributed by atoms with Crippen LogP contribution in [0, 0.1) is 12.7 Å². The maximum absolute atomic E-state index is 14.6. The molecule has 3 aromatic rings. The van der Waals surface area contributed by atoms with Gasteiger partial charge in [0.1, 0.15) is 11.6 Å². The molecule has 2 N–H and O–H groups in total. The quantitative estimate of drug-likeness (QED) is 0.714. The molecular weight excluding hydrogens is 365 g/mol. The van der Waals surface area contributed by atoms with Gasteiger partial charge in [0.25, 0.3) is 0 Å². The Labute approximate surface area is 170 Å². The third kappa shape index (κ3) is 3.74. The molecule has 5 nitrogen and oxygen atoms in total. The van der Waals surface area contributed by atoms with Crippen LogP contribution in [-0.4, -0.2) is 60.2 Å².